The zero-order valence-electron chi connectivity index (χ0n) is 12.8. The van der Waals surface area contributed by atoms with Crippen molar-refractivity contribution in [1.82, 2.24) is 20.3 Å². The first-order chi connectivity index (χ1) is 11.1. The topological polar surface area (TPSA) is 120 Å². The van der Waals surface area contributed by atoms with E-state index in [4.69, 9.17) is 4.74 Å². The summed E-state index contributed by atoms with van der Waals surface area (Å²) in [5.41, 5.74) is 2.87. The lowest BCUT2D eigenvalue weighted by Crippen LogP contribution is -2.46. The van der Waals surface area contributed by atoms with Gasteiger partial charge in [-0.05, 0) is 6.92 Å². The van der Waals surface area contributed by atoms with Crippen molar-refractivity contribution < 1.29 is 19.7 Å². The standard InChI is InChI=1S/C15H18N4O4/c1-7-14(21)11(8(5-20)4-16-7)13-12-9(17-6-18-12)3-10(19-13)15(22)23-2/h4,6,10,13,19-21H,3,5H2,1-2H3,(H,17,18). The lowest BCUT2D eigenvalue weighted by Gasteiger charge is -2.30. The number of hydrogen-bond donors (Lipinski definition) is 4. The van der Waals surface area contributed by atoms with Gasteiger partial charge < -0.3 is 19.9 Å². The van der Waals surface area contributed by atoms with Gasteiger partial charge in [0.1, 0.15) is 11.8 Å². The molecule has 0 spiro atoms. The number of fused-ring (bicyclic) bond motifs is 1. The number of H-pyrrole nitrogens is 1. The van der Waals surface area contributed by atoms with Gasteiger partial charge in [-0.2, -0.15) is 0 Å². The van der Waals surface area contributed by atoms with Crippen molar-refractivity contribution in [3.63, 3.8) is 0 Å². The Morgan fingerprint density at radius 2 is 2.26 bits per heavy atom. The number of aromatic amines is 1. The van der Waals surface area contributed by atoms with Crippen LogP contribution in [0.3, 0.4) is 0 Å². The average molecular weight is 318 g/mol. The third-order valence-electron chi connectivity index (χ3n) is 4.10. The fourth-order valence-corrected chi connectivity index (χ4v) is 2.90. The largest absolute Gasteiger partial charge is 0.506 e. The summed E-state index contributed by atoms with van der Waals surface area (Å²) < 4.78 is 4.82. The van der Waals surface area contributed by atoms with Gasteiger partial charge in [-0.15, -0.1) is 0 Å². The number of carbonyl (C=O) groups excluding carboxylic acids is 1. The second kappa shape index (κ2) is 5.98. The molecule has 2 unspecified atom stereocenters. The fourth-order valence-electron chi connectivity index (χ4n) is 2.90. The van der Waals surface area contributed by atoms with Gasteiger partial charge >= 0.3 is 5.97 Å². The van der Waals surface area contributed by atoms with E-state index < -0.39 is 18.1 Å². The van der Waals surface area contributed by atoms with E-state index >= 15 is 0 Å². The van der Waals surface area contributed by atoms with Crippen LogP contribution in [0, 0.1) is 6.92 Å². The summed E-state index contributed by atoms with van der Waals surface area (Å²) in [4.78, 5) is 23.3. The molecule has 0 saturated heterocycles. The maximum atomic E-state index is 11.9. The zero-order chi connectivity index (χ0) is 16.6. The molecule has 3 heterocycles. The lowest BCUT2D eigenvalue weighted by molar-refractivity contribution is -0.143. The van der Waals surface area contributed by atoms with Crippen molar-refractivity contribution in [1.29, 1.82) is 0 Å². The van der Waals surface area contributed by atoms with Crippen LogP contribution in [0.25, 0.3) is 0 Å². The summed E-state index contributed by atoms with van der Waals surface area (Å²) >= 11 is 0. The van der Waals surface area contributed by atoms with Gasteiger partial charge in [0.25, 0.3) is 0 Å². The molecule has 1 aliphatic rings. The highest BCUT2D eigenvalue weighted by atomic mass is 16.5. The summed E-state index contributed by atoms with van der Waals surface area (Å²) in [5.74, 6) is -0.417. The monoisotopic (exact) mass is 318 g/mol. The van der Waals surface area contributed by atoms with Crippen LogP contribution in [-0.4, -0.2) is 44.3 Å². The first-order valence-corrected chi connectivity index (χ1v) is 7.21. The third kappa shape index (κ3) is 2.55. The van der Waals surface area contributed by atoms with Crippen LogP contribution in [0.4, 0.5) is 0 Å². The minimum atomic E-state index is -0.572. The van der Waals surface area contributed by atoms with Crippen molar-refractivity contribution in [3.8, 4) is 5.75 Å². The van der Waals surface area contributed by atoms with Gasteiger partial charge in [0.2, 0.25) is 0 Å². The van der Waals surface area contributed by atoms with E-state index in [2.05, 4.69) is 20.3 Å². The number of imidazole rings is 1. The van der Waals surface area contributed by atoms with Crippen LogP contribution in [-0.2, 0) is 22.6 Å². The maximum Gasteiger partial charge on any atom is 0.323 e. The zero-order valence-corrected chi connectivity index (χ0v) is 12.8. The Kier molecular flexibility index (Phi) is 4.01. The van der Waals surface area contributed by atoms with E-state index in [-0.39, 0.29) is 12.4 Å². The number of carbonyl (C=O) groups is 1. The lowest BCUT2D eigenvalue weighted by atomic mass is 9.91. The van der Waals surface area contributed by atoms with Crippen LogP contribution in [0.5, 0.6) is 5.75 Å². The number of hydrogen-bond acceptors (Lipinski definition) is 7. The second-order valence-electron chi connectivity index (χ2n) is 5.44. The minimum absolute atomic E-state index is 0.0199. The molecular formula is C15H18N4O4. The van der Waals surface area contributed by atoms with Crippen LogP contribution in [0.15, 0.2) is 12.5 Å². The molecule has 0 aromatic carbocycles. The highest BCUT2D eigenvalue weighted by Gasteiger charge is 2.36. The van der Waals surface area contributed by atoms with Gasteiger partial charge in [0.05, 0.1) is 37.5 Å². The van der Waals surface area contributed by atoms with Crippen LogP contribution >= 0.6 is 0 Å². The average Bonchev–Trinajstić information content (AvgIpc) is 3.04. The molecule has 2 aromatic rings. The van der Waals surface area contributed by atoms with E-state index in [1.807, 2.05) is 0 Å². The molecule has 0 amide bonds. The Labute approximate surface area is 132 Å². The highest BCUT2D eigenvalue weighted by Crippen LogP contribution is 2.36. The Hall–Kier alpha value is -2.45. The third-order valence-corrected chi connectivity index (χ3v) is 4.10. The summed E-state index contributed by atoms with van der Waals surface area (Å²) in [7, 11) is 1.33. The quantitative estimate of drug-likeness (QED) is 0.592. The summed E-state index contributed by atoms with van der Waals surface area (Å²) in [6.07, 6.45) is 3.47. The predicted molar refractivity (Wildman–Crippen MR) is 79.6 cm³/mol. The van der Waals surface area contributed by atoms with Crippen molar-refractivity contribution >= 4 is 5.97 Å². The molecule has 2 aromatic heterocycles. The van der Waals surface area contributed by atoms with Gasteiger partial charge in [-0.1, -0.05) is 0 Å². The number of nitrogens with one attached hydrogen (secondary N) is 2. The Bertz CT molecular complexity index is 743. The van der Waals surface area contributed by atoms with Gasteiger partial charge in [0, 0.05) is 29.4 Å². The molecule has 8 heteroatoms. The first kappa shape index (κ1) is 15.4. The predicted octanol–water partition coefficient (Wildman–Crippen LogP) is 0.0877. The van der Waals surface area contributed by atoms with E-state index in [9.17, 15) is 15.0 Å². The smallest absolute Gasteiger partial charge is 0.323 e. The Morgan fingerprint density at radius 3 is 2.96 bits per heavy atom. The number of rotatable bonds is 3. The van der Waals surface area contributed by atoms with E-state index in [0.717, 1.165) is 5.69 Å². The van der Waals surface area contributed by atoms with Gasteiger partial charge in [-0.3, -0.25) is 15.1 Å². The number of aliphatic hydroxyl groups is 1. The van der Waals surface area contributed by atoms with Gasteiger partial charge in [-0.25, -0.2) is 4.98 Å². The summed E-state index contributed by atoms with van der Waals surface area (Å²) in [5, 5.41) is 23.2. The molecule has 0 radical (unpaired) electrons. The number of esters is 1. The molecule has 2 atom stereocenters. The molecule has 0 saturated carbocycles. The summed E-state index contributed by atoms with van der Waals surface area (Å²) in [6.45, 7) is 1.39. The van der Waals surface area contributed by atoms with Crippen molar-refractivity contribution in [2.45, 2.75) is 32.0 Å². The van der Waals surface area contributed by atoms with E-state index in [1.54, 1.807) is 13.3 Å². The number of ether oxygens (including phenoxy) is 1. The molecule has 0 aliphatic carbocycles. The molecular weight excluding hydrogens is 300 g/mol. The number of nitrogens with zero attached hydrogens (tertiary/aromatic N) is 2. The first-order valence-electron chi connectivity index (χ1n) is 7.21. The SMILES string of the molecule is COC(=O)C1Cc2[nH]cnc2C(c2c(CO)cnc(C)c2O)N1. The molecule has 8 nitrogen and oxygen atoms in total. The number of aromatic nitrogens is 3. The molecule has 0 bridgehead atoms. The number of aromatic hydroxyl groups is 1. The number of pyridine rings is 1. The molecule has 3 rings (SSSR count). The fraction of sp³-hybridized carbons (Fsp3) is 0.400. The van der Waals surface area contributed by atoms with Gasteiger partial charge in [0.15, 0.2) is 0 Å². The molecule has 1 aliphatic heterocycles. The minimum Gasteiger partial charge on any atom is -0.506 e. The van der Waals surface area contributed by atoms with Crippen LogP contribution in [0.2, 0.25) is 0 Å². The van der Waals surface area contributed by atoms with Crippen molar-refractivity contribution in [2.24, 2.45) is 0 Å². The molecule has 122 valence electrons. The second-order valence-corrected chi connectivity index (χ2v) is 5.44. The highest BCUT2D eigenvalue weighted by molar-refractivity contribution is 5.76. The molecule has 23 heavy (non-hydrogen) atoms. The molecule has 0 fully saturated rings. The Morgan fingerprint density at radius 1 is 1.48 bits per heavy atom. The van der Waals surface area contributed by atoms with Crippen LogP contribution < -0.4 is 5.32 Å². The number of aryl methyl sites for hydroxylation is 1. The van der Waals surface area contributed by atoms with E-state index in [0.29, 0.717) is 28.9 Å². The number of methoxy groups -OCH3 is 1. The maximum absolute atomic E-state index is 11.9. The van der Waals surface area contributed by atoms with E-state index in [1.165, 1.54) is 13.3 Å². The van der Waals surface area contributed by atoms with Crippen LogP contribution in [0.1, 0.15) is 34.3 Å². The molecule has 4 N–H and O–H groups in total. The number of aliphatic hydroxyl groups excluding tert-OH is 1. The summed E-state index contributed by atoms with van der Waals surface area (Å²) in [6, 6.07) is -1.12. The Balaban J connectivity index is 2.12. The normalized spacial score (nSPS) is 20.1. The van der Waals surface area contributed by atoms with Crippen molar-refractivity contribution in [2.75, 3.05) is 7.11 Å². The van der Waals surface area contributed by atoms with Crippen molar-refractivity contribution in [3.05, 3.63) is 40.7 Å².